The Balaban J connectivity index is 1.86. The standard InChI is InChI=1S/C19H20N4O3/c1-3-9-23-16(6-8-22-23)19-14(5-4-7-20-19)13-26-17-11-21-18(25-2)10-15(17)12-24/h4-8,10-12H,3,9,13H2,1-2H3. The van der Waals surface area contributed by atoms with Crippen molar-refractivity contribution in [3.63, 3.8) is 0 Å². The van der Waals surface area contributed by atoms with Gasteiger partial charge < -0.3 is 9.47 Å². The molecule has 0 fully saturated rings. The number of aryl methyl sites for hydroxylation is 1. The molecule has 0 aromatic carbocycles. The van der Waals surface area contributed by atoms with Crippen LogP contribution in [0.3, 0.4) is 0 Å². The lowest BCUT2D eigenvalue weighted by molar-refractivity contribution is 0.111. The van der Waals surface area contributed by atoms with Crippen LogP contribution in [0.1, 0.15) is 29.3 Å². The van der Waals surface area contributed by atoms with Crippen molar-refractivity contribution in [1.82, 2.24) is 19.7 Å². The van der Waals surface area contributed by atoms with Crippen LogP contribution in [0.4, 0.5) is 0 Å². The first kappa shape index (κ1) is 17.6. The highest BCUT2D eigenvalue weighted by Gasteiger charge is 2.13. The molecule has 0 saturated heterocycles. The Labute approximate surface area is 151 Å². The summed E-state index contributed by atoms with van der Waals surface area (Å²) in [6.45, 7) is 3.18. The molecule has 3 aromatic heterocycles. The molecule has 0 amide bonds. The van der Waals surface area contributed by atoms with Crippen molar-refractivity contribution < 1.29 is 14.3 Å². The van der Waals surface area contributed by atoms with E-state index in [0.29, 0.717) is 17.2 Å². The zero-order valence-corrected chi connectivity index (χ0v) is 14.8. The lowest BCUT2D eigenvalue weighted by Crippen LogP contribution is -2.06. The molecule has 0 saturated carbocycles. The molecule has 0 radical (unpaired) electrons. The molecule has 7 nitrogen and oxygen atoms in total. The monoisotopic (exact) mass is 352 g/mol. The van der Waals surface area contributed by atoms with Gasteiger partial charge in [-0.25, -0.2) is 4.98 Å². The Kier molecular flexibility index (Phi) is 5.58. The van der Waals surface area contributed by atoms with Crippen LogP contribution in [0.25, 0.3) is 11.4 Å². The maximum Gasteiger partial charge on any atom is 0.213 e. The van der Waals surface area contributed by atoms with Gasteiger partial charge in [0.2, 0.25) is 5.88 Å². The van der Waals surface area contributed by atoms with Crippen LogP contribution in [0, 0.1) is 0 Å². The molecular weight excluding hydrogens is 332 g/mol. The summed E-state index contributed by atoms with van der Waals surface area (Å²) in [5.74, 6) is 0.766. The molecular formula is C19H20N4O3. The number of methoxy groups -OCH3 is 1. The van der Waals surface area contributed by atoms with Crippen molar-refractivity contribution in [3.05, 3.63) is 54.0 Å². The third kappa shape index (κ3) is 3.72. The minimum atomic E-state index is 0.259. The predicted octanol–water partition coefficient (Wildman–Crippen LogP) is 3.15. The molecule has 7 heteroatoms. The van der Waals surface area contributed by atoms with E-state index in [4.69, 9.17) is 9.47 Å². The van der Waals surface area contributed by atoms with Gasteiger partial charge in [-0.15, -0.1) is 0 Å². The quantitative estimate of drug-likeness (QED) is 0.580. The highest BCUT2D eigenvalue weighted by molar-refractivity contribution is 5.79. The molecule has 0 aliphatic rings. The Morgan fingerprint density at radius 2 is 2.12 bits per heavy atom. The van der Waals surface area contributed by atoms with Gasteiger partial charge in [0.05, 0.1) is 30.3 Å². The smallest absolute Gasteiger partial charge is 0.213 e. The second-order valence-electron chi connectivity index (χ2n) is 5.62. The molecule has 0 aliphatic heterocycles. The van der Waals surface area contributed by atoms with Crippen molar-refractivity contribution in [2.75, 3.05) is 7.11 Å². The predicted molar refractivity (Wildman–Crippen MR) is 96.3 cm³/mol. The highest BCUT2D eigenvalue weighted by Crippen LogP contribution is 2.25. The summed E-state index contributed by atoms with van der Waals surface area (Å²) in [7, 11) is 1.50. The molecule has 0 unspecified atom stereocenters. The van der Waals surface area contributed by atoms with E-state index in [2.05, 4.69) is 22.0 Å². The van der Waals surface area contributed by atoms with Gasteiger partial charge in [0.1, 0.15) is 12.4 Å². The average molecular weight is 352 g/mol. The Morgan fingerprint density at radius 1 is 1.23 bits per heavy atom. The largest absolute Gasteiger partial charge is 0.486 e. The molecule has 0 atom stereocenters. The molecule has 134 valence electrons. The third-order valence-electron chi connectivity index (χ3n) is 3.88. The molecule has 0 N–H and O–H groups in total. The first-order valence-corrected chi connectivity index (χ1v) is 8.35. The fourth-order valence-electron chi connectivity index (χ4n) is 2.63. The summed E-state index contributed by atoms with van der Waals surface area (Å²) in [5, 5.41) is 4.35. The van der Waals surface area contributed by atoms with Gasteiger partial charge in [0.25, 0.3) is 0 Å². The first-order chi connectivity index (χ1) is 12.8. The average Bonchev–Trinajstić information content (AvgIpc) is 3.15. The zero-order chi connectivity index (χ0) is 18.4. The minimum Gasteiger partial charge on any atom is -0.486 e. The summed E-state index contributed by atoms with van der Waals surface area (Å²) in [5.41, 5.74) is 3.04. The van der Waals surface area contributed by atoms with Crippen LogP contribution in [0.15, 0.2) is 42.9 Å². The van der Waals surface area contributed by atoms with Gasteiger partial charge in [-0.1, -0.05) is 13.0 Å². The molecule has 26 heavy (non-hydrogen) atoms. The van der Waals surface area contributed by atoms with Crippen LogP contribution in [-0.2, 0) is 13.2 Å². The van der Waals surface area contributed by atoms with Gasteiger partial charge >= 0.3 is 0 Å². The SMILES string of the molecule is CCCn1nccc1-c1ncccc1COc1cnc(OC)cc1C=O. The number of hydrogen-bond donors (Lipinski definition) is 0. The maximum atomic E-state index is 11.3. The van der Waals surface area contributed by atoms with Crippen molar-refractivity contribution in [1.29, 1.82) is 0 Å². The summed E-state index contributed by atoms with van der Waals surface area (Å²) in [4.78, 5) is 19.9. The van der Waals surface area contributed by atoms with Crippen LogP contribution in [0.2, 0.25) is 0 Å². The van der Waals surface area contributed by atoms with E-state index in [0.717, 1.165) is 36.2 Å². The van der Waals surface area contributed by atoms with Crippen molar-refractivity contribution in [2.24, 2.45) is 0 Å². The highest BCUT2D eigenvalue weighted by atomic mass is 16.5. The molecule has 3 rings (SSSR count). The second-order valence-corrected chi connectivity index (χ2v) is 5.62. The van der Waals surface area contributed by atoms with Gasteiger partial charge in [-0.3, -0.25) is 14.5 Å². The van der Waals surface area contributed by atoms with E-state index >= 15 is 0 Å². The number of aromatic nitrogens is 4. The summed E-state index contributed by atoms with van der Waals surface area (Å²) in [6, 6.07) is 7.29. The van der Waals surface area contributed by atoms with E-state index in [-0.39, 0.29) is 6.61 Å². The van der Waals surface area contributed by atoms with Crippen LogP contribution in [0.5, 0.6) is 11.6 Å². The van der Waals surface area contributed by atoms with Crippen LogP contribution in [-0.4, -0.2) is 33.1 Å². The maximum absolute atomic E-state index is 11.3. The molecule has 3 aromatic rings. The number of nitrogens with zero attached hydrogens (tertiary/aromatic N) is 4. The van der Waals surface area contributed by atoms with Crippen molar-refractivity contribution >= 4 is 6.29 Å². The lowest BCUT2D eigenvalue weighted by Gasteiger charge is -2.13. The number of carbonyl (C=O) groups excluding carboxylic acids is 1. The minimum absolute atomic E-state index is 0.259. The van der Waals surface area contributed by atoms with E-state index in [1.807, 2.05) is 22.9 Å². The first-order valence-electron chi connectivity index (χ1n) is 8.35. The summed E-state index contributed by atoms with van der Waals surface area (Å²) in [6.07, 6.45) is 6.70. The number of carbonyl (C=O) groups is 1. The van der Waals surface area contributed by atoms with E-state index in [1.54, 1.807) is 18.5 Å². The Hall–Kier alpha value is -3.22. The number of rotatable bonds is 8. The molecule has 0 bridgehead atoms. The van der Waals surface area contributed by atoms with Crippen molar-refractivity contribution in [3.8, 4) is 23.0 Å². The Morgan fingerprint density at radius 3 is 2.88 bits per heavy atom. The van der Waals surface area contributed by atoms with Gasteiger partial charge in [-0.2, -0.15) is 5.10 Å². The number of hydrogen-bond acceptors (Lipinski definition) is 6. The van der Waals surface area contributed by atoms with Crippen molar-refractivity contribution in [2.45, 2.75) is 26.5 Å². The van der Waals surface area contributed by atoms with E-state index in [1.165, 1.54) is 13.3 Å². The Bertz CT molecular complexity index is 892. The molecule has 0 spiro atoms. The molecule has 3 heterocycles. The number of ether oxygens (including phenoxy) is 2. The van der Waals surface area contributed by atoms with Crippen LogP contribution < -0.4 is 9.47 Å². The van der Waals surface area contributed by atoms with E-state index in [9.17, 15) is 4.79 Å². The zero-order valence-electron chi connectivity index (χ0n) is 14.8. The fourth-order valence-corrected chi connectivity index (χ4v) is 2.63. The van der Waals surface area contributed by atoms with Gasteiger partial charge in [0.15, 0.2) is 6.29 Å². The third-order valence-corrected chi connectivity index (χ3v) is 3.88. The lowest BCUT2D eigenvalue weighted by atomic mass is 10.1. The normalized spacial score (nSPS) is 10.5. The number of pyridine rings is 2. The molecule has 0 aliphatic carbocycles. The number of aldehydes is 1. The topological polar surface area (TPSA) is 79.1 Å². The second kappa shape index (κ2) is 8.24. The van der Waals surface area contributed by atoms with Gasteiger partial charge in [0, 0.05) is 30.6 Å². The summed E-state index contributed by atoms with van der Waals surface area (Å²) < 4.78 is 12.8. The van der Waals surface area contributed by atoms with E-state index < -0.39 is 0 Å². The van der Waals surface area contributed by atoms with Crippen LogP contribution >= 0.6 is 0 Å². The van der Waals surface area contributed by atoms with Gasteiger partial charge in [-0.05, 0) is 18.6 Å². The summed E-state index contributed by atoms with van der Waals surface area (Å²) >= 11 is 0. The fraction of sp³-hybridized carbons (Fsp3) is 0.263.